The summed E-state index contributed by atoms with van der Waals surface area (Å²) < 4.78 is 31.5. The molecule has 0 aromatic rings. The molecule has 0 aromatic carbocycles. The maximum atomic E-state index is 11.8. The van der Waals surface area contributed by atoms with Gasteiger partial charge in [-0.25, -0.2) is 13.1 Å². The first-order valence-electron chi connectivity index (χ1n) is 5.76. The van der Waals surface area contributed by atoms with Crippen LogP contribution < -0.4 is 4.72 Å². The number of sulfonamides is 1. The molecule has 1 heterocycles. The number of halogens is 1. The molecule has 0 saturated carbocycles. The lowest BCUT2D eigenvalue weighted by molar-refractivity contribution is 0.0981. The van der Waals surface area contributed by atoms with E-state index in [1.54, 1.807) is 0 Å². The molecule has 0 spiro atoms. The van der Waals surface area contributed by atoms with E-state index in [4.69, 9.17) is 16.3 Å². The smallest absolute Gasteiger partial charge is 0.214 e. The molecule has 4 nitrogen and oxygen atoms in total. The van der Waals surface area contributed by atoms with Crippen LogP contribution in [0.5, 0.6) is 0 Å². The van der Waals surface area contributed by atoms with Crippen LogP contribution >= 0.6 is 11.6 Å². The Labute approximate surface area is 103 Å². The fraction of sp³-hybridized carbons (Fsp3) is 1.00. The van der Waals surface area contributed by atoms with E-state index in [9.17, 15) is 8.42 Å². The fourth-order valence-corrected chi connectivity index (χ4v) is 3.23. The van der Waals surface area contributed by atoms with Gasteiger partial charge in [-0.15, -0.1) is 11.6 Å². The van der Waals surface area contributed by atoms with Crippen LogP contribution in [-0.4, -0.2) is 38.8 Å². The summed E-state index contributed by atoms with van der Waals surface area (Å²) in [5, 5.41) is -0.242. The van der Waals surface area contributed by atoms with E-state index in [1.165, 1.54) is 0 Å². The third-order valence-corrected chi connectivity index (χ3v) is 5.29. The number of alkyl halides is 1. The summed E-state index contributed by atoms with van der Waals surface area (Å²) in [4.78, 5) is 0. The second kappa shape index (κ2) is 6.79. The van der Waals surface area contributed by atoms with E-state index >= 15 is 0 Å². The molecule has 1 rings (SSSR count). The lowest BCUT2D eigenvalue weighted by atomic mass is 10.2. The molecule has 0 amide bonds. The Morgan fingerprint density at radius 1 is 1.44 bits per heavy atom. The van der Waals surface area contributed by atoms with Crippen LogP contribution in [-0.2, 0) is 14.8 Å². The molecular formula is C10H20ClNO3S. The van der Waals surface area contributed by atoms with E-state index in [0.29, 0.717) is 39.0 Å². The summed E-state index contributed by atoms with van der Waals surface area (Å²) in [6, 6.07) is 0. The van der Waals surface area contributed by atoms with Crippen molar-refractivity contribution in [1.82, 2.24) is 4.72 Å². The third-order valence-electron chi connectivity index (χ3n) is 2.81. The Morgan fingerprint density at radius 3 is 2.62 bits per heavy atom. The minimum Gasteiger partial charge on any atom is -0.381 e. The van der Waals surface area contributed by atoms with Crippen LogP contribution in [0.1, 0.15) is 32.6 Å². The molecule has 1 saturated heterocycles. The first kappa shape index (κ1) is 14.2. The standard InChI is InChI=1S/C10H20ClNO3S/c1-2-9(11)3-6-12-16(13,14)10-4-7-15-8-5-10/h9-10,12H,2-8H2,1H3. The molecule has 0 radical (unpaired) electrons. The number of hydrogen-bond donors (Lipinski definition) is 1. The number of hydrogen-bond acceptors (Lipinski definition) is 3. The maximum absolute atomic E-state index is 11.8. The summed E-state index contributed by atoms with van der Waals surface area (Å²) >= 11 is 5.93. The predicted molar refractivity (Wildman–Crippen MR) is 65.3 cm³/mol. The van der Waals surface area contributed by atoms with E-state index in [1.807, 2.05) is 6.92 Å². The Bertz CT molecular complexity index is 288. The minimum atomic E-state index is -3.18. The quantitative estimate of drug-likeness (QED) is 0.744. The van der Waals surface area contributed by atoms with Gasteiger partial charge in [0.15, 0.2) is 0 Å². The second-order valence-corrected chi connectivity index (χ2v) is 6.71. The highest BCUT2D eigenvalue weighted by Crippen LogP contribution is 2.15. The van der Waals surface area contributed by atoms with Gasteiger partial charge in [0.05, 0.1) is 5.25 Å². The van der Waals surface area contributed by atoms with Crippen LogP contribution in [0.25, 0.3) is 0 Å². The molecule has 1 N–H and O–H groups in total. The molecule has 96 valence electrons. The molecule has 1 fully saturated rings. The SMILES string of the molecule is CCC(Cl)CCNS(=O)(=O)C1CCOCC1. The average molecular weight is 270 g/mol. The minimum absolute atomic E-state index is 0.0531. The molecule has 16 heavy (non-hydrogen) atoms. The van der Waals surface area contributed by atoms with E-state index < -0.39 is 10.0 Å². The van der Waals surface area contributed by atoms with Gasteiger partial charge in [-0.3, -0.25) is 0 Å². The van der Waals surface area contributed by atoms with Gasteiger partial charge >= 0.3 is 0 Å². The number of ether oxygens (including phenoxy) is 1. The van der Waals surface area contributed by atoms with E-state index in [2.05, 4.69) is 4.72 Å². The van der Waals surface area contributed by atoms with Crippen LogP contribution in [0, 0.1) is 0 Å². The highest BCUT2D eigenvalue weighted by atomic mass is 35.5. The summed E-state index contributed by atoms with van der Waals surface area (Å²) in [6.07, 6.45) is 2.72. The Hall–Kier alpha value is 0.160. The Kier molecular flexibility index (Phi) is 6.03. The second-order valence-electron chi connectivity index (χ2n) is 4.05. The van der Waals surface area contributed by atoms with Crippen molar-refractivity contribution in [2.45, 2.75) is 43.2 Å². The lowest BCUT2D eigenvalue weighted by Crippen LogP contribution is -2.38. The van der Waals surface area contributed by atoms with Crippen molar-refractivity contribution in [2.75, 3.05) is 19.8 Å². The highest BCUT2D eigenvalue weighted by Gasteiger charge is 2.27. The molecule has 6 heteroatoms. The first-order valence-corrected chi connectivity index (χ1v) is 7.75. The average Bonchev–Trinajstić information content (AvgIpc) is 2.30. The van der Waals surface area contributed by atoms with Crippen molar-refractivity contribution in [1.29, 1.82) is 0 Å². The Balaban J connectivity index is 2.33. The summed E-state index contributed by atoms with van der Waals surface area (Å²) in [5.74, 6) is 0. The summed E-state index contributed by atoms with van der Waals surface area (Å²) in [5.41, 5.74) is 0. The zero-order valence-corrected chi connectivity index (χ0v) is 11.2. The van der Waals surface area contributed by atoms with E-state index in [-0.39, 0.29) is 10.6 Å². The number of rotatable bonds is 6. The van der Waals surface area contributed by atoms with Gasteiger partial charge in [0.2, 0.25) is 10.0 Å². The third kappa shape index (κ3) is 4.57. The zero-order valence-electron chi connectivity index (χ0n) is 9.62. The van der Waals surface area contributed by atoms with Gasteiger partial charge in [0.25, 0.3) is 0 Å². The molecular weight excluding hydrogens is 250 g/mol. The highest BCUT2D eigenvalue weighted by molar-refractivity contribution is 7.90. The van der Waals surface area contributed by atoms with Gasteiger partial charge in [-0.1, -0.05) is 6.92 Å². The van der Waals surface area contributed by atoms with Crippen molar-refractivity contribution >= 4 is 21.6 Å². The summed E-state index contributed by atoms with van der Waals surface area (Å²) in [6.45, 7) is 3.50. The molecule has 1 aliphatic rings. The van der Waals surface area contributed by atoms with Crippen LogP contribution in [0.15, 0.2) is 0 Å². The van der Waals surface area contributed by atoms with Gasteiger partial charge in [0, 0.05) is 25.1 Å². The topological polar surface area (TPSA) is 55.4 Å². The van der Waals surface area contributed by atoms with Crippen molar-refractivity contribution in [2.24, 2.45) is 0 Å². The largest absolute Gasteiger partial charge is 0.381 e. The van der Waals surface area contributed by atoms with Crippen molar-refractivity contribution < 1.29 is 13.2 Å². The fourth-order valence-electron chi connectivity index (χ4n) is 1.67. The Morgan fingerprint density at radius 2 is 2.06 bits per heavy atom. The maximum Gasteiger partial charge on any atom is 0.214 e. The van der Waals surface area contributed by atoms with Crippen molar-refractivity contribution in [3.8, 4) is 0 Å². The van der Waals surface area contributed by atoms with Gasteiger partial charge in [-0.05, 0) is 25.7 Å². The normalized spacial score (nSPS) is 20.9. The molecule has 0 aromatic heterocycles. The predicted octanol–water partition coefficient (Wildman–Crippen LogP) is 1.49. The van der Waals surface area contributed by atoms with Crippen LogP contribution in [0.3, 0.4) is 0 Å². The number of nitrogens with one attached hydrogen (secondary N) is 1. The van der Waals surface area contributed by atoms with Gasteiger partial charge in [-0.2, -0.15) is 0 Å². The van der Waals surface area contributed by atoms with E-state index in [0.717, 1.165) is 6.42 Å². The summed E-state index contributed by atoms with van der Waals surface area (Å²) in [7, 11) is -3.18. The molecule has 1 aliphatic heterocycles. The van der Waals surface area contributed by atoms with Crippen molar-refractivity contribution in [3.05, 3.63) is 0 Å². The molecule has 0 aliphatic carbocycles. The molecule has 1 atom stereocenters. The van der Waals surface area contributed by atoms with Crippen LogP contribution in [0.4, 0.5) is 0 Å². The van der Waals surface area contributed by atoms with Crippen molar-refractivity contribution in [3.63, 3.8) is 0 Å². The monoisotopic (exact) mass is 269 g/mol. The molecule has 0 bridgehead atoms. The van der Waals surface area contributed by atoms with Crippen LogP contribution in [0.2, 0.25) is 0 Å². The lowest BCUT2D eigenvalue weighted by Gasteiger charge is -2.22. The first-order chi connectivity index (χ1) is 7.56. The molecule has 1 unspecified atom stereocenters. The van der Waals surface area contributed by atoms with Gasteiger partial charge < -0.3 is 4.74 Å². The zero-order chi connectivity index (χ0) is 12.0. The van der Waals surface area contributed by atoms with Gasteiger partial charge in [0.1, 0.15) is 0 Å².